The van der Waals surface area contributed by atoms with Gasteiger partial charge in [-0.15, -0.1) is 11.3 Å². The monoisotopic (exact) mass is 243 g/mol. The summed E-state index contributed by atoms with van der Waals surface area (Å²) in [6, 6.07) is 10.5. The molecule has 17 heavy (non-hydrogen) atoms. The van der Waals surface area contributed by atoms with Gasteiger partial charge in [-0.25, -0.2) is 4.98 Å². The molecule has 0 saturated heterocycles. The van der Waals surface area contributed by atoms with Gasteiger partial charge in [0.05, 0.1) is 0 Å². The maximum absolute atomic E-state index is 4.42. The number of hydrogen-bond acceptors (Lipinski definition) is 2. The standard InChI is InChI=1S/C15H17NS/c1-2-3-5-10-14(15-16-11-12-17-15)13-8-6-4-7-9-13/h4,6-12H,2-3,5H2,1H3/b14-10-. The van der Waals surface area contributed by atoms with Crippen LogP contribution in [0.3, 0.4) is 0 Å². The highest BCUT2D eigenvalue weighted by molar-refractivity contribution is 7.10. The van der Waals surface area contributed by atoms with E-state index in [0.29, 0.717) is 0 Å². The second-order valence-corrected chi connectivity index (χ2v) is 4.86. The van der Waals surface area contributed by atoms with E-state index in [2.05, 4.69) is 48.3 Å². The fraction of sp³-hybridized carbons (Fsp3) is 0.267. The fourth-order valence-corrected chi connectivity index (χ4v) is 2.45. The van der Waals surface area contributed by atoms with Gasteiger partial charge in [0.2, 0.25) is 0 Å². The predicted molar refractivity (Wildman–Crippen MR) is 75.2 cm³/mol. The van der Waals surface area contributed by atoms with Crippen LogP contribution in [-0.2, 0) is 0 Å². The van der Waals surface area contributed by atoms with Crippen LogP contribution in [0.2, 0.25) is 0 Å². The average molecular weight is 243 g/mol. The highest BCUT2D eigenvalue weighted by Crippen LogP contribution is 2.25. The van der Waals surface area contributed by atoms with Crippen LogP contribution < -0.4 is 0 Å². The molecule has 0 amide bonds. The number of thiazole rings is 1. The minimum atomic E-state index is 1.12. The first kappa shape index (κ1) is 12.1. The molecule has 0 aliphatic heterocycles. The van der Waals surface area contributed by atoms with Crippen LogP contribution >= 0.6 is 11.3 Å². The summed E-state index contributed by atoms with van der Waals surface area (Å²) in [4.78, 5) is 4.42. The van der Waals surface area contributed by atoms with Crippen molar-refractivity contribution >= 4 is 16.9 Å². The average Bonchev–Trinajstić information content (AvgIpc) is 2.89. The molecule has 1 heterocycles. The summed E-state index contributed by atoms with van der Waals surface area (Å²) in [5.41, 5.74) is 2.53. The Morgan fingerprint density at radius 3 is 2.76 bits per heavy atom. The first-order valence-electron chi connectivity index (χ1n) is 6.07. The van der Waals surface area contributed by atoms with E-state index in [9.17, 15) is 0 Å². The van der Waals surface area contributed by atoms with Gasteiger partial charge in [-0.1, -0.05) is 56.2 Å². The van der Waals surface area contributed by atoms with Crippen molar-refractivity contribution < 1.29 is 0 Å². The van der Waals surface area contributed by atoms with Gasteiger partial charge in [-0.05, 0) is 12.0 Å². The highest BCUT2D eigenvalue weighted by atomic mass is 32.1. The van der Waals surface area contributed by atoms with E-state index in [0.717, 1.165) is 11.4 Å². The molecule has 1 aromatic carbocycles. The molecule has 2 rings (SSSR count). The molecule has 0 radical (unpaired) electrons. The third kappa shape index (κ3) is 3.27. The predicted octanol–water partition coefficient (Wildman–Crippen LogP) is 4.77. The van der Waals surface area contributed by atoms with Crippen molar-refractivity contribution in [1.82, 2.24) is 4.98 Å². The topological polar surface area (TPSA) is 12.9 Å². The molecule has 1 nitrogen and oxygen atoms in total. The van der Waals surface area contributed by atoms with Crippen molar-refractivity contribution in [2.75, 3.05) is 0 Å². The number of aromatic nitrogens is 1. The van der Waals surface area contributed by atoms with Crippen LogP contribution in [0, 0.1) is 0 Å². The maximum atomic E-state index is 4.42. The molecule has 1 aromatic heterocycles. The molecule has 0 saturated carbocycles. The summed E-state index contributed by atoms with van der Waals surface area (Å²) in [6.45, 7) is 2.22. The first-order valence-corrected chi connectivity index (χ1v) is 6.95. The molecule has 0 spiro atoms. The third-order valence-electron chi connectivity index (χ3n) is 2.65. The normalized spacial score (nSPS) is 11.7. The lowest BCUT2D eigenvalue weighted by Gasteiger charge is -2.04. The largest absolute Gasteiger partial charge is 0.245 e. The molecular formula is C15H17NS. The molecular weight excluding hydrogens is 226 g/mol. The van der Waals surface area contributed by atoms with Gasteiger partial charge >= 0.3 is 0 Å². The van der Waals surface area contributed by atoms with E-state index in [1.165, 1.54) is 24.0 Å². The Balaban J connectivity index is 2.28. The van der Waals surface area contributed by atoms with Crippen molar-refractivity contribution in [3.63, 3.8) is 0 Å². The smallest absolute Gasteiger partial charge is 0.123 e. The molecule has 2 heteroatoms. The Labute approximate surface area is 107 Å². The van der Waals surface area contributed by atoms with Crippen molar-refractivity contribution in [2.24, 2.45) is 0 Å². The SMILES string of the molecule is CCCC/C=C(/c1ccccc1)c1nccs1. The fourth-order valence-electron chi connectivity index (χ4n) is 1.75. The summed E-state index contributed by atoms with van der Waals surface area (Å²) in [6.07, 6.45) is 7.78. The molecule has 2 aromatic rings. The summed E-state index contributed by atoms with van der Waals surface area (Å²) >= 11 is 1.70. The lowest BCUT2D eigenvalue weighted by Crippen LogP contribution is -1.87. The Morgan fingerprint density at radius 2 is 2.12 bits per heavy atom. The van der Waals surface area contributed by atoms with Gasteiger partial charge < -0.3 is 0 Å². The van der Waals surface area contributed by atoms with E-state index in [1.807, 2.05) is 11.6 Å². The van der Waals surface area contributed by atoms with E-state index < -0.39 is 0 Å². The zero-order chi connectivity index (χ0) is 11.9. The van der Waals surface area contributed by atoms with E-state index in [1.54, 1.807) is 11.3 Å². The number of benzene rings is 1. The summed E-state index contributed by atoms with van der Waals surface area (Å²) in [5, 5.41) is 3.15. The Morgan fingerprint density at radius 1 is 1.29 bits per heavy atom. The van der Waals surface area contributed by atoms with Crippen molar-refractivity contribution in [3.05, 3.63) is 58.6 Å². The zero-order valence-corrected chi connectivity index (χ0v) is 10.9. The van der Waals surface area contributed by atoms with Crippen molar-refractivity contribution in [2.45, 2.75) is 26.2 Å². The molecule has 0 fully saturated rings. The van der Waals surface area contributed by atoms with Crippen molar-refractivity contribution in [3.8, 4) is 0 Å². The molecule has 0 atom stereocenters. The van der Waals surface area contributed by atoms with Crippen LogP contribution in [0.15, 0.2) is 48.0 Å². The Hall–Kier alpha value is -1.41. The molecule has 0 aliphatic rings. The van der Waals surface area contributed by atoms with Crippen LogP contribution in [-0.4, -0.2) is 4.98 Å². The summed E-state index contributed by atoms with van der Waals surface area (Å²) in [7, 11) is 0. The number of hydrogen-bond donors (Lipinski definition) is 0. The van der Waals surface area contributed by atoms with Gasteiger partial charge in [0.25, 0.3) is 0 Å². The quantitative estimate of drug-likeness (QED) is 0.690. The van der Waals surface area contributed by atoms with E-state index >= 15 is 0 Å². The van der Waals surface area contributed by atoms with Crippen LogP contribution in [0.1, 0.15) is 36.8 Å². The minimum absolute atomic E-state index is 1.12. The lowest BCUT2D eigenvalue weighted by molar-refractivity contribution is 0.815. The van der Waals surface area contributed by atoms with Crippen LogP contribution in [0.4, 0.5) is 0 Å². The maximum Gasteiger partial charge on any atom is 0.123 e. The van der Waals surface area contributed by atoms with Gasteiger partial charge in [0, 0.05) is 17.2 Å². The first-order chi connectivity index (χ1) is 8.42. The molecule has 0 bridgehead atoms. The number of allylic oxidation sites excluding steroid dienone is 1. The Kier molecular flexibility index (Phi) is 4.51. The second-order valence-electron chi connectivity index (χ2n) is 3.96. The van der Waals surface area contributed by atoms with Gasteiger partial charge in [0.1, 0.15) is 5.01 Å². The third-order valence-corrected chi connectivity index (χ3v) is 3.46. The molecule has 0 aliphatic carbocycles. The lowest BCUT2D eigenvalue weighted by atomic mass is 10.0. The van der Waals surface area contributed by atoms with Gasteiger partial charge in [-0.2, -0.15) is 0 Å². The van der Waals surface area contributed by atoms with Crippen molar-refractivity contribution in [1.29, 1.82) is 0 Å². The van der Waals surface area contributed by atoms with E-state index in [4.69, 9.17) is 0 Å². The number of rotatable bonds is 5. The molecule has 0 N–H and O–H groups in total. The molecule has 88 valence electrons. The summed E-state index contributed by atoms with van der Waals surface area (Å²) in [5.74, 6) is 0. The number of nitrogens with zero attached hydrogens (tertiary/aromatic N) is 1. The second kappa shape index (κ2) is 6.36. The number of unbranched alkanes of at least 4 members (excludes halogenated alkanes) is 2. The molecule has 0 unspecified atom stereocenters. The van der Waals surface area contributed by atoms with Gasteiger partial charge in [0.15, 0.2) is 0 Å². The summed E-state index contributed by atoms with van der Waals surface area (Å²) < 4.78 is 0. The minimum Gasteiger partial charge on any atom is -0.245 e. The Bertz CT molecular complexity index is 457. The van der Waals surface area contributed by atoms with Gasteiger partial charge in [-0.3, -0.25) is 0 Å². The zero-order valence-electron chi connectivity index (χ0n) is 10.1. The highest BCUT2D eigenvalue weighted by Gasteiger charge is 2.06. The van der Waals surface area contributed by atoms with Crippen LogP contribution in [0.25, 0.3) is 5.57 Å². The van der Waals surface area contributed by atoms with Crippen LogP contribution in [0.5, 0.6) is 0 Å². The van der Waals surface area contributed by atoms with E-state index in [-0.39, 0.29) is 0 Å².